The smallest absolute Gasteiger partial charge is 0.257 e. The molecule has 1 aliphatic rings. The molecule has 0 spiro atoms. The molecule has 0 bridgehead atoms. The summed E-state index contributed by atoms with van der Waals surface area (Å²) in [6, 6.07) is 13.0. The van der Waals surface area contributed by atoms with E-state index in [-0.39, 0.29) is 19.1 Å². The molecule has 1 saturated heterocycles. The Labute approximate surface area is 176 Å². The standard InChI is InChI=1S/C20H22ClN3O2.C2H6O/c21-18-13-16(24-10-3-4-11-24)7-8-17(18)20(26)23-19-6-2-1-5-15(19)14-22-9-12-25;1-2-3/h1-2,5-8,13-14,25H,3-4,9-12H2,(H,23,26);3H,2H2,1H3. The normalized spacial score (nSPS) is 13.3. The Bertz CT molecular complexity index is 821. The lowest BCUT2D eigenvalue weighted by Gasteiger charge is -2.18. The minimum absolute atomic E-state index is 0.00992. The fourth-order valence-corrected chi connectivity index (χ4v) is 3.25. The van der Waals surface area contributed by atoms with Crippen molar-refractivity contribution in [1.82, 2.24) is 0 Å². The van der Waals surface area contributed by atoms with Gasteiger partial charge < -0.3 is 20.4 Å². The minimum Gasteiger partial charge on any atom is -0.397 e. The number of aliphatic hydroxyl groups is 2. The second kappa shape index (κ2) is 12.2. The molecule has 29 heavy (non-hydrogen) atoms. The minimum atomic E-state index is -0.258. The number of rotatable bonds is 6. The Morgan fingerprint density at radius 3 is 2.55 bits per heavy atom. The van der Waals surface area contributed by atoms with E-state index in [4.69, 9.17) is 21.8 Å². The molecular formula is C22H28ClN3O3. The number of benzene rings is 2. The second-order valence-electron chi connectivity index (χ2n) is 6.47. The zero-order valence-corrected chi connectivity index (χ0v) is 17.4. The van der Waals surface area contributed by atoms with Crippen LogP contribution < -0.4 is 10.2 Å². The molecule has 1 heterocycles. The molecule has 0 atom stereocenters. The van der Waals surface area contributed by atoms with Crippen LogP contribution in [0.2, 0.25) is 5.02 Å². The van der Waals surface area contributed by atoms with Crippen LogP contribution in [0.15, 0.2) is 47.5 Å². The monoisotopic (exact) mass is 417 g/mol. The maximum Gasteiger partial charge on any atom is 0.257 e. The number of aliphatic imine (C=N–C) groups is 1. The summed E-state index contributed by atoms with van der Waals surface area (Å²) in [5.74, 6) is -0.258. The van der Waals surface area contributed by atoms with Crippen LogP contribution in [0.1, 0.15) is 35.7 Å². The third-order valence-electron chi connectivity index (χ3n) is 4.34. The van der Waals surface area contributed by atoms with E-state index in [2.05, 4.69) is 15.2 Å². The van der Waals surface area contributed by atoms with Crippen molar-refractivity contribution in [2.24, 2.45) is 4.99 Å². The van der Waals surface area contributed by atoms with Gasteiger partial charge in [0, 0.05) is 42.8 Å². The second-order valence-corrected chi connectivity index (χ2v) is 6.88. The summed E-state index contributed by atoms with van der Waals surface area (Å²) in [6.07, 6.45) is 4.02. The number of hydrogen-bond acceptors (Lipinski definition) is 5. The van der Waals surface area contributed by atoms with Gasteiger partial charge in [-0.15, -0.1) is 0 Å². The van der Waals surface area contributed by atoms with Crippen LogP contribution in [0.3, 0.4) is 0 Å². The third kappa shape index (κ3) is 6.85. The molecule has 1 amide bonds. The van der Waals surface area contributed by atoms with Crippen molar-refractivity contribution in [3.05, 3.63) is 58.6 Å². The fourth-order valence-electron chi connectivity index (χ4n) is 2.99. The first kappa shape index (κ1) is 22.9. The van der Waals surface area contributed by atoms with Gasteiger partial charge in [0.2, 0.25) is 0 Å². The Morgan fingerprint density at radius 2 is 1.90 bits per heavy atom. The van der Waals surface area contributed by atoms with Gasteiger partial charge in [-0.2, -0.15) is 0 Å². The van der Waals surface area contributed by atoms with Gasteiger partial charge in [-0.1, -0.05) is 29.8 Å². The van der Waals surface area contributed by atoms with Crippen molar-refractivity contribution in [1.29, 1.82) is 0 Å². The topological polar surface area (TPSA) is 85.2 Å². The highest BCUT2D eigenvalue weighted by atomic mass is 35.5. The first-order chi connectivity index (χ1) is 14.1. The highest BCUT2D eigenvalue weighted by Gasteiger charge is 2.16. The van der Waals surface area contributed by atoms with Crippen LogP contribution >= 0.6 is 11.6 Å². The number of carbonyl (C=O) groups excluding carboxylic acids is 1. The van der Waals surface area contributed by atoms with Crippen LogP contribution in [0.25, 0.3) is 0 Å². The van der Waals surface area contributed by atoms with Crippen molar-refractivity contribution in [3.8, 4) is 0 Å². The summed E-state index contributed by atoms with van der Waals surface area (Å²) in [6.45, 7) is 4.31. The Hall–Kier alpha value is -2.41. The van der Waals surface area contributed by atoms with Crippen molar-refractivity contribution in [2.45, 2.75) is 19.8 Å². The van der Waals surface area contributed by atoms with Gasteiger partial charge in [-0.25, -0.2) is 0 Å². The molecule has 3 N–H and O–H groups in total. The molecule has 6 nitrogen and oxygen atoms in total. The summed E-state index contributed by atoms with van der Waals surface area (Å²) >= 11 is 6.37. The predicted molar refractivity (Wildman–Crippen MR) is 120 cm³/mol. The Kier molecular flexibility index (Phi) is 9.64. The highest BCUT2D eigenvalue weighted by molar-refractivity contribution is 6.34. The molecule has 0 aliphatic carbocycles. The van der Waals surface area contributed by atoms with Gasteiger partial charge in [-0.05, 0) is 44.0 Å². The molecule has 7 heteroatoms. The number of para-hydroxylation sites is 1. The number of nitrogens with one attached hydrogen (secondary N) is 1. The molecule has 0 unspecified atom stereocenters. The zero-order chi connectivity index (χ0) is 21.1. The lowest BCUT2D eigenvalue weighted by Crippen LogP contribution is -2.18. The number of anilines is 2. The number of carbonyl (C=O) groups is 1. The summed E-state index contributed by atoms with van der Waals surface area (Å²) < 4.78 is 0. The van der Waals surface area contributed by atoms with Gasteiger partial charge in [0.25, 0.3) is 5.91 Å². The number of aliphatic hydroxyl groups excluding tert-OH is 2. The van der Waals surface area contributed by atoms with Crippen LogP contribution in [0.4, 0.5) is 11.4 Å². The van der Waals surface area contributed by atoms with E-state index in [9.17, 15) is 4.79 Å². The van der Waals surface area contributed by atoms with E-state index in [1.807, 2.05) is 36.4 Å². The average Bonchev–Trinajstić information content (AvgIpc) is 3.25. The van der Waals surface area contributed by atoms with Gasteiger partial charge in [-0.3, -0.25) is 9.79 Å². The maximum atomic E-state index is 12.7. The summed E-state index contributed by atoms with van der Waals surface area (Å²) in [4.78, 5) is 19.1. The molecular weight excluding hydrogens is 390 g/mol. The van der Waals surface area contributed by atoms with Crippen LogP contribution in [0.5, 0.6) is 0 Å². The molecule has 1 aliphatic heterocycles. The SMILES string of the molecule is CCO.O=C(Nc1ccccc1C=NCCO)c1ccc(N2CCCC2)cc1Cl. The quantitative estimate of drug-likeness (QED) is 0.627. The number of halogens is 1. The Morgan fingerprint density at radius 1 is 1.21 bits per heavy atom. The molecule has 0 aromatic heterocycles. The van der Waals surface area contributed by atoms with Gasteiger partial charge >= 0.3 is 0 Å². The van der Waals surface area contributed by atoms with E-state index in [1.54, 1.807) is 19.2 Å². The largest absolute Gasteiger partial charge is 0.397 e. The summed E-state index contributed by atoms with van der Waals surface area (Å²) in [7, 11) is 0. The van der Waals surface area contributed by atoms with Gasteiger partial charge in [0.15, 0.2) is 0 Å². The van der Waals surface area contributed by atoms with Crippen molar-refractivity contribution >= 4 is 35.1 Å². The fraction of sp³-hybridized carbons (Fsp3) is 0.364. The lowest BCUT2D eigenvalue weighted by atomic mass is 10.1. The first-order valence-electron chi connectivity index (χ1n) is 9.77. The molecule has 1 fully saturated rings. The molecule has 2 aromatic rings. The van der Waals surface area contributed by atoms with Crippen molar-refractivity contribution in [2.75, 3.05) is 43.1 Å². The van der Waals surface area contributed by atoms with E-state index >= 15 is 0 Å². The first-order valence-corrected chi connectivity index (χ1v) is 10.1. The maximum absolute atomic E-state index is 12.7. The van der Waals surface area contributed by atoms with E-state index in [1.165, 1.54) is 12.8 Å². The average molecular weight is 418 g/mol. The molecule has 3 rings (SSSR count). The molecule has 0 saturated carbocycles. The summed E-state index contributed by atoms with van der Waals surface area (Å²) in [5, 5.41) is 19.7. The van der Waals surface area contributed by atoms with Gasteiger partial charge in [0.1, 0.15) is 0 Å². The number of nitrogens with zero attached hydrogens (tertiary/aromatic N) is 2. The highest BCUT2D eigenvalue weighted by Crippen LogP contribution is 2.27. The number of amides is 1. The zero-order valence-electron chi connectivity index (χ0n) is 16.6. The molecule has 2 aromatic carbocycles. The van der Waals surface area contributed by atoms with E-state index < -0.39 is 0 Å². The van der Waals surface area contributed by atoms with Gasteiger partial charge in [0.05, 0.1) is 23.7 Å². The van der Waals surface area contributed by atoms with Crippen LogP contribution in [0, 0.1) is 0 Å². The van der Waals surface area contributed by atoms with E-state index in [0.717, 1.165) is 24.3 Å². The van der Waals surface area contributed by atoms with Crippen molar-refractivity contribution < 1.29 is 15.0 Å². The summed E-state index contributed by atoms with van der Waals surface area (Å²) in [5.41, 5.74) is 2.93. The van der Waals surface area contributed by atoms with Crippen molar-refractivity contribution in [3.63, 3.8) is 0 Å². The molecule has 156 valence electrons. The van der Waals surface area contributed by atoms with Crippen LogP contribution in [-0.4, -0.2) is 55.2 Å². The lowest BCUT2D eigenvalue weighted by molar-refractivity contribution is 0.102. The Balaban J connectivity index is 0.000000941. The van der Waals surface area contributed by atoms with Crippen LogP contribution in [-0.2, 0) is 0 Å². The van der Waals surface area contributed by atoms with E-state index in [0.29, 0.717) is 22.8 Å². The third-order valence-corrected chi connectivity index (χ3v) is 4.65. The predicted octanol–water partition coefficient (Wildman–Crippen LogP) is 3.60. The molecule has 0 radical (unpaired) electrons. The number of hydrogen-bond donors (Lipinski definition) is 3.